The van der Waals surface area contributed by atoms with Gasteiger partial charge in [0.05, 0.1) is 11.6 Å². The second-order valence-corrected chi connectivity index (χ2v) is 6.74. The molecule has 0 N–H and O–H groups in total. The first kappa shape index (κ1) is 16.5. The first-order valence-corrected chi connectivity index (χ1v) is 8.97. The summed E-state index contributed by atoms with van der Waals surface area (Å²) in [4.78, 5) is 27.3. The van der Waals surface area contributed by atoms with E-state index in [4.69, 9.17) is 0 Å². The van der Waals surface area contributed by atoms with Gasteiger partial charge in [0.15, 0.2) is 0 Å². The molecule has 0 spiro atoms. The zero-order valence-corrected chi connectivity index (χ0v) is 14.8. The Morgan fingerprint density at radius 1 is 1.12 bits per heavy atom. The Morgan fingerprint density at radius 3 is 2.65 bits per heavy atom. The second-order valence-electron chi connectivity index (χ2n) is 6.74. The molecule has 2 heterocycles. The molecule has 5 nitrogen and oxygen atoms in total. The summed E-state index contributed by atoms with van der Waals surface area (Å²) in [5, 5.41) is 5.86. The molecule has 2 aliphatic heterocycles. The molecule has 0 radical (unpaired) electrons. The number of rotatable bonds is 4. The molecule has 0 saturated carbocycles. The molecular formula is C21H21N3O2. The second kappa shape index (κ2) is 6.75. The quantitative estimate of drug-likeness (QED) is 0.851. The number of fused-ring (bicyclic) bond motifs is 1. The fraction of sp³-hybridized carbons (Fsp3) is 0.286. The number of benzene rings is 2. The highest BCUT2D eigenvalue weighted by Gasteiger charge is 2.35. The van der Waals surface area contributed by atoms with E-state index in [1.165, 1.54) is 10.6 Å². The molecule has 5 heteroatoms. The molecule has 2 aromatic carbocycles. The molecule has 2 aliphatic rings. The summed E-state index contributed by atoms with van der Waals surface area (Å²) in [5.41, 5.74) is 3.75. The molecular weight excluding hydrogens is 326 g/mol. The van der Waals surface area contributed by atoms with Gasteiger partial charge in [0, 0.05) is 24.4 Å². The Labute approximate surface area is 152 Å². The molecule has 1 atom stereocenters. The number of para-hydroxylation sites is 2. The standard InChI is InChI=1S/C21H21N3O2/c1-15-18(21(26)24(22-15)17-8-3-2-4-9-17)11-12-20(25)23-14-13-16-7-5-6-10-19(16)23/h2-10,18H,11-14H2,1H3/t18-/m0/s1. The summed E-state index contributed by atoms with van der Waals surface area (Å²) in [5.74, 6) is -0.297. The van der Waals surface area contributed by atoms with Gasteiger partial charge in [-0.25, -0.2) is 5.01 Å². The number of carbonyl (C=O) groups is 2. The van der Waals surface area contributed by atoms with Crippen molar-refractivity contribution in [1.82, 2.24) is 0 Å². The third kappa shape index (κ3) is 2.90. The molecule has 2 amide bonds. The minimum atomic E-state index is -0.322. The predicted molar refractivity (Wildman–Crippen MR) is 102 cm³/mol. The van der Waals surface area contributed by atoms with E-state index >= 15 is 0 Å². The van der Waals surface area contributed by atoms with Crippen molar-refractivity contribution >= 4 is 28.9 Å². The molecule has 0 aromatic heterocycles. The average Bonchev–Trinajstić information content (AvgIpc) is 3.22. The largest absolute Gasteiger partial charge is 0.312 e. The van der Waals surface area contributed by atoms with Crippen molar-refractivity contribution in [3.63, 3.8) is 0 Å². The highest BCUT2D eigenvalue weighted by molar-refractivity contribution is 6.15. The van der Waals surface area contributed by atoms with E-state index in [2.05, 4.69) is 11.2 Å². The monoisotopic (exact) mass is 347 g/mol. The minimum Gasteiger partial charge on any atom is -0.312 e. The van der Waals surface area contributed by atoms with E-state index in [0.29, 0.717) is 12.8 Å². The van der Waals surface area contributed by atoms with Gasteiger partial charge in [0.25, 0.3) is 5.91 Å². The SMILES string of the molecule is CC1=NN(c2ccccc2)C(=O)[C@H]1CCC(=O)N1CCc2ccccc21. The molecule has 0 saturated heterocycles. The summed E-state index contributed by atoms with van der Waals surface area (Å²) < 4.78 is 0. The normalized spacial score (nSPS) is 18.9. The van der Waals surface area contributed by atoms with Gasteiger partial charge in [-0.3, -0.25) is 9.59 Å². The Balaban J connectivity index is 1.42. The maximum Gasteiger partial charge on any atom is 0.256 e. The van der Waals surface area contributed by atoms with Crippen molar-refractivity contribution in [3.05, 3.63) is 60.2 Å². The van der Waals surface area contributed by atoms with Crippen LogP contribution >= 0.6 is 0 Å². The van der Waals surface area contributed by atoms with Gasteiger partial charge in [-0.05, 0) is 43.5 Å². The predicted octanol–water partition coefficient (Wildman–Crippen LogP) is 3.39. The first-order chi connectivity index (χ1) is 12.6. The minimum absolute atomic E-state index is 0.0525. The van der Waals surface area contributed by atoms with Crippen molar-refractivity contribution < 1.29 is 9.59 Å². The van der Waals surface area contributed by atoms with E-state index in [1.807, 2.05) is 60.4 Å². The number of nitrogens with zero attached hydrogens (tertiary/aromatic N) is 3. The van der Waals surface area contributed by atoms with Gasteiger partial charge in [-0.1, -0.05) is 36.4 Å². The molecule has 0 unspecified atom stereocenters. The maximum absolute atomic E-state index is 12.7. The van der Waals surface area contributed by atoms with Crippen LogP contribution in [0, 0.1) is 5.92 Å². The fourth-order valence-corrected chi connectivity index (χ4v) is 3.69. The molecule has 0 fully saturated rings. The lowest BCUT2D eigenvalue weighted by atomic mass is 9.98. The number of hydrazone groups is 1. The van der Waals surface area contributed by atoms with Crippen molar-refractivity contribution in [2.45, 2.75) is 26.2 Å². The van der Waals surface area contributed by atoms with Crippen LogP contribution in [-0.4, -0.2) is 24.1 Å². The number of hydrogen-bond donors (Lipinski definition) is 0. The van der Waals surface area contributed by atoms with Gasteiger partial charge in [0.2, 0.25) is 5.91 Å². The van der Waals surface area contributed by atoms with Crippen molar-refractivity contribution in [3.8, 4) is 0 Å². The lowest BCUT2D eigenvalue weighted by Crippen LogP contribution is -2.31. The van der Waals surface area contributed by atoms with Gasteiger partial charge < -0.3 is 4.90 Å². The van der Waals surface area contributed by atoms with Crippen LogP contribution in [0.5, 0.6) is 0 Å². The number of carbonyl (C=O) groups excluding carboxylic acids is 2. The molecule has 0 bridgehead atoms. The molecule has 132 valence electrons. The smallest absolute Gasteiger partial charge is 0.256 e. The zero-order valence-electron chi connectivity index (χ0n) is 14.8. The van der Waals surface area contributed by atoms with Crippen LogP contribution in [0.15, 0.2) is 59.7 Å². The zero-order chi connectivity index (χ0) is 18.1. The molecule has 4 rings (SSSR count). The molecule has 0 aliphatic carbocycles. The van der Waals surface area contributed by atoms with E-state index < -0.39 is 0 Å². The van der Waals surface area contributed by atoms with E-state index in [9.17, 15) is 9.59 Å². The number of anilines is 2. The van der Waals surface area contributed by atoms with Crippen LogP contribution in [0.2, 0.25) is 0 Å². The van der Waals surface area contributed by atoms with Gasteiger partial charge in [-0.2, -0.15) is 5.10 Å². The summed E-state index contributed by atoms with van der Waals surface area (Å²) in [6, 6.07) is 17.4. The Hall–Kier alpha value is -2.95. The average molecular weight is 347 g/mol. The molecule has 2 aromatic rings. The summed E-state index contributed by atoms with van der Waals surface area (Å²) in [6.45, 7) is 2.58. The highest BCUT2D eigenvalue weighted by atomic mass is 16.2. The van der Waals surface area contributed by atoms with Crippen LogP contribution in [0.1, 0.15) is 25.3 Å². The van der Waals surface area contributed by atoms with Gasteiger partial charge in [0.1, 0.15) is 0 Å². The van der Waals surface area contributed by atoms with E-state index in [0.717, 1.165) is 30.1 Å². The third-order valence-electron chi connectivity index (χ3n) is 5.10. The Kier molecular flexibility index (Phi) is 4.29. The lowest BCUT2D eigenvalue weighted by molar-refractivity contribution is -0.120. The Bertz CT molecular complexity index is 876. The van der Waals surface area contributed by atoms with Crippen LogP contribution in [0.25, 0.3) is 0 Å². The Morgan fingerprint density at radius 2 is 1.85 bits per heavy atom. The van der Waals surface area contributed by atoms with Crippen LogP contribution in [0.3, 0.4) is 0 Å². The van der Waals surface area contributed by atoms with Gasteiger partial charge >= 0.3 is 0 Å². The fourth-order valence-electron chi connectivity index (χ4n) is 3.69. The first-order valence-electron chi connectivity index (χ1n) is 8.97. The van der Waals surface area contributed by atoms with Crippen LogP contribution in [0.4, 0.5) is 11.4 Å². The van der Waals surface area contributed by atoms with E-state index in [-0.39, 0.29) is 17.7 Å². The number of hydrogen-bond acceptors (Lipinski definition) is 3. The van der Waals surface area contributed by atoms with Crippen molar-refractivity contribution in [1.29, 1.82) is 0 Å². The summed E-state index contributed by atoms with van der Waals surface area (Å²) in [6.07, 6.45) is 1.74. The summed E-state index contributed by atoms with van der Waals surface area (Å²) >= 11 is 0. The number of amides is 2. The lowest BCUT2D eigenvalue weighted by Gasteiger charge is -2.18. The van der Waals surface area contributed by atoms with Crippen LogP contribution < -0.4 is 9.91 Å². The highest BCUT2D eigenvalue weighted by Crippen LogP contribution is 2.30. The topological polar surface area (TPSA) is 53.0 Å². The van der Waals surface area contributed by atoms with E-state index in [1.54, 1.807) is 0 Å². The van der Waals surface area contributed by atoms with Crippen molar-refractivity contribution in [2.75, 3.05) is 16.5 Å². The van der Waals surface area contributed by atoms with Crippen LogP contribution in [-0.2, 0) is 16.0 Å². The molecule has 26 heavy (non-hydrogen) atoms. The third-order valence-corrected chi connectivity index (χ3v) is 5.10. The maximum atomic E-state index is 12.7. The summed E-state index contributed by atoms with van der Waals surface area (Å²) in [7, 11) is 0. The van der Waals surface area contributed by atoms with Gasteiger partial charge in [-0.15, -0.1) is 0 Å². The van der Waals surface area contributed by atoms with Crippen molar-refractivity contribution in [2.24, 2.45) is 11.0 Å².